The summed E-state index contributed by atoms with van der Waals surface area (Å²) in [5, 5.41) is 37.2. The van der Waals surface area contributed by atoms with Crippen LogP contribution in [0, 0.1) is 6.92 Å². The van der Waals surface area contributed by atoms with Gasteiger partial charge in [-0.25, -0.2) is 44.9 Å². The van der Waals surface area contributed by atoms with Gasteiger partial charge in [-0.1, -0.05) is 0 Å². The number of carbonyl (C=O) groups excluding carboxylic acids is 2. The number of nitrogens with zero attached hydrogens (tertiary/aromatic N) is 20. The molecule has 4 aliphatic heterocycles. The molecule has 2 amide bonds. The highest BCUT2D eigenvalue weighted by atomic mass is 16.5. The number of anilines is 6. The molecule has 0 spiro atoms. The molecule has 690 valence electrons. The van der Waals surface area contributed by atoms with E-state index in [0.29, 0.717) is 58.3 Å². The number of aromatic amines is 1. The van der Waals surface area contributed by atoms with Crippen molar-refractivity contribution in [2.75, 3.05) is 135 Å². The van der Waals surface area contributed by atoms with Gasteiger partial charge in [0.1, 0.15) is 57.0 Å². The summed E-state index contributed by atoms with van der Waals surface area (Å²) in [7, 11) is 0. The van der Waals surface area contributed by atoms with Crippen molar-refractivity contribution in [1.29, 1.82) is 0 Å². The van der Waals surface area contributed by atoms with Crippen molar-refractivity contribution in [2.45, 2.75) is 178 Å². The average molecular weight is 1800 g/mol. The summed E-state index contributed by atoms with van der Waals surface area (Å²) in [6.07, 6.45) is 39.6. The SMILES string of the molecule is CC(C)(O)c1cnc(NC2CCC(Oc3cc(N4CCOCC4)cc4nccnc34)CC2)nc1.Cc1nc(C(=O)NC2CCC(Oc3cc(N4CCOCC4)cc4nccnc34)CC2)co1.O=C(NC1CCC(Oc2cc(N3CCOCC3)cc3nccnc23)CC1)c1ccn[nH]1.c1cnc2c(OC3CCC(Nc4ncc(-c5nnco5)cn4)CC3)cc(N3CCOCC3)cc2n1. The van der Waals surface area contributed by atoms with Crippen molar-refractivity contribution < 1.29 is 61.4 Å². The third-order valence-corrected chi connectivity index (χ3v) is 25.0. The van der Waals surface area contributed by atoms with Crippen LogP contribution in [0.5, 0.6) is 23.0 Å². The zero-order valence-electron chi connectivity index (χ0n) is 74.4. The van der Waals surface area contributed by atoms with Gasteiger partial charge in [0, 0.05) is 217 Å². The van der Waals surface area contributed by atoms with Gasteiger partial charge in [-0.05, 0) is 147 Å². The van der Waals surface area contributed by atoms with Gasteiger partial charge < -0.3 is 92.7 Å². The van der Waals surface area contributed by atoms with Gasteiger partial charge in [0.05, 0.1) is 111 Å². The Kier molecular flexibility index (Phi) is 28.9. The number of aryl methyl sites for hydroxylation is 1. The number of benzene rings is 4. The van der Waals surface area contributed by atoms with Crippen LogP contribution in [0.25, 0.3) is 55.6 Å². The molecule has 4 saturated heterocycles. The van der Waals surface area contributed by atoms with Crippen molar-refractivity contribution in [3.8, 4) is 34.5 Å². The number of nitrogens with one attached hydrogen (secondary N) is 5. The lowest BCUT2D eigenvalue weighted by atomic mass is 9.92. The summed E-state index contributed by atoms with van der Waals surface area (Å²) in [5.41, 5.74) is 12.2. The Bertz CT molecular complexity index is 5910. The van der Waals surface area contributed by atoms with E-state index >= 15 is 0 Å². The minimum absolute atomic E-state index is 0.0718. The van der Waals surface area contributed by atoms with Crippen LogP contribution in [-0.2, 0) is 24.5 Å². The van der Waals surface area contributed by atoms with Gasteiger partial charge in [0.25, 0.3) is 17.7 Å². The number of carbonyl (C=O) groups is 2. The van der Waals surface area contributed by atoms with Gasteiger partial charge in [-0.15, -0.1) is 10.2 Å². The maximum atomic E-state index is 12.3. The lowest BCUT2D eigenvalue weighted by Gasteiger charge is -2.31. The van der Waals surface area contributed by atoms with Crippen molar-refractivity contribution in [2.24, 2.45) is 0 Å². The molecule has 4 aliphatic carbocycles. The van der Waals surface area contributed by atoms with E-state index in [0.717, 1.165) is 298 Å². The number of hydrogen-bond acceptors (Lipinski definition) is 35. The van der Waals surface area contributed by atoms with Gasteiger partial charge in [0.15, 0.2) is 11.6 Å². The second-order valence-corrected chi connectivity index (χ2v) is 34.6. The Morgan fingerprint density at radius 3 is 1.08 bits per heavy atom. The van der Waals surface area contributed by atoms with E-state index in [2.05, 4.69) is 175 Å². The van der Waals surface area contributed by atoms with E-state index in [9.17, 15) is 14.7 Å². The molecule has 0 bridgehead atoms. The third kappa shape index (κ3) is 23.2. The second kappa shape index (κ2) is 42.7. The molecular formula is C94H111N25O13. The highest BCUT2D eigenvalue weighted by molar-refractivity contribution is 5.93. The zero-order chi connectivity index (χ0) is 90.0. The van der Waals surface area contributed by atoms with Crippen LogP contribution in [0.4, 0.5) is 34.6 Å². The number of hydrogen-bond donors (Lipinski definition) is 6. The first-order chi connectivity index (χ1) is 64.7. The van der Waals surface area contributed by atoms with Crippen molar-refractivity contribution in [3.05, 3.63) is 171 Å². The zero-order valence-corrected chi connectivity index (χ0v) is 74.4. The minimum Gasteiger partial charge on any atom is -0.488 e. The van der Waals surface area contributed by atoms with E-state index < -0.39 is 5.60 Å². The van der Waals surface area contributed by atoms with Crippen molar-refractivity contribution >= 4 is 90.6 Å². The maximum absolute atomic E-state index is 12.3. The van der Waals surface area contributed by atoms with E-state index in [4.69, 9.17) is 46.7 Å². The number of aromatic nitrogens is 17. The van der Waals surface area contributed by atoms with Crippen LogP contribution in [0.15, 0.2) is 157 Å². The first-order valence-electron chi connectivity index (χ1n) is 45.9. The monoisotopic (exact) mass is 1800 g/mol. The predicted molar refractivity (Wildman–Crippen MR) is 492 cm³/mol. The predicted octanol–water partition coefficient (Wildman–Crippen LogP) is 11.6. The van der Waals surface area contributed by atoms with E-state index in [1.165, 1.54) is 12.7 Å². The molecule has 38 heteroatoms. The molecular weight excluding hydrogens is 1690 g/mol. The summed E-state index contributed by atoms with van der Waals surface area (Å²) in [6, 6.07) is 19.2. The topological polar surface area (TPSA) is 438 Å². The molecule has 13 aromatic rings. The van der Waals surface area contributed by atoms with E-state index in [1.807, 2.05) is 0 Å². The average Bonchev–Trinajstić information content (AvgIpc) is 0.908. The first kappa shape index (κ1) is 89.3. The molecule has 38 nitrogen and oxygen atoms in total. The summed E-state index contributed by atoms with van der Waals surface area (Å²) in [6.45, 7) is 17.8. The fourth-order valence-electron chi connectivity index (χ4n) is 17.8. The van der Waals surface area contributed by atoms with Gasteiger partial charge in [0.2, 0.25) is 18.3 Å². The Balaban J connectivity index is 0.000000118. The van der Waals surface area contributed by atoms with Crippen LogP contribution in [0.2, 0.25) is 0 Å². The molecule has 21 rings (SSSR count). The molecule has 132 heavy (non-hydrogen) atoms. The fraction of sp³-hybridized carbons (Fsp3) is 0.468. The van der Waals surface area contributed by atoms with E-state index in [-0.39, 0.29) is 48.3 Å². The Hall–Kier alpha value is -13.3. The number of oxazole rings is 1. The normalized spacial score (nSPS) is 21.3. The van der Waals surface area contributed by atoms with Gasteiger partial charge >= 0.3 is 0 Å². The smallest absolute Gasteiger partial charge is 0.273 e. The van der Waals surface area contributed by atoms with Crippen LogP contribution < -0.4 is 59.8 Å². The summed E-state index contributed by atoms with van der Waals surface area (Å²) in [5.74, 6) is 4.93. The molecule has 13 heterocycles. The molecule has 4 saturated carbocycles. The molecule has 0 unspecified atom stereocenters. The Morgan fingerprint density at radius 2 is 0.758 bits per heavy atom. The summed E-state index contributed by atoms with van der Waals surface area (Å²) >= 11 is 0. The van der Waals surface area contributed by atoms with Crippen molar-refractivity contribution in [3.63, 3.8) is 0 Å². The number of H-pyrrole nitrogens is 1. The Labute approximate surface area is 762 Å². The largest absolute Gasteiger partial charge is 0.488 e. The highest BCUT2D eigenvalue weighted by Crippen LogP contribution is 2.40. The second-order valence-electron chi connectivity index (χ2n) is 34.6. The Morgan fingerprint density at radius 1 is 0.417 bits per heavy atom. The molecule has 0 atom stereocenters. The molecule has 0 radical (unpaired) electrons. The van der Waals surface area contributed by atoms with Crippen LogP contribution in [-0.4, -0.2) is 256 Å². The fourth-order valence-corrected chi connectivity index (χ4v) is 17.8. The maximum Gasteiger partial charge on any atom is 0.273 e. The standard InChI is InChI=1S/C25H32N6O3.C24H26N8O3.C23H27N5O4.C22H26N6O3/c1-25(2,32)17-15-28-24(29-16-17)30-18-3-5-20(6-4-18)34-22-14-19(31-9-11-33-12-10-31)13-21-23(22)27-8-7-26-21;1-3-19(4-2-17(1)30-24-27-13-16(14-28-24)23-31-29-15-34-23)35-21-12-18(32-7-9-33-10-8-32)11-20-22(21)26-6-5-25-20;1-15-26-20(14-31-15)23(29)27-16-2-4-18(5-3-16)32-21-13-17(28-8-10-30-11-9-28)12-19-22(21)25-7-6-24-19;29-22(18-5-6-25-27-18)26-15-1-3-17(4-2-15)31-20-14-16(28-9-11-30-12-10-28)13-19-21(20)24-8-7-23-19/h7-8,13-16,18,20,32H,3-6,9-12H2,1-2H3,(H,28,29,30);5-6,11-15,17,19H,1-4,7-10H2,(H,27,28,30);6-7,12-14,16,18H,2-5,8-11H2,1H3,(H,27,29);5-8,13-15,17H,1-4,9-12H2,(H,25,27)(H,26,29). The third-order valence-electron chi connectivity index (χ3n) is 25.0. The number of amides is 2. The van der Waals surface area contributed by atoms with Gasteiger partial charge in [-0.2, -0.15) is 5.10 Å². The lowest BCUT2D eigenvalue weighted by Crippen LogP contribution is -2.40. The van der Waals surface area contributed by atoms with Crippen LogP contribution >= 0.6 is 0 Å². The number of rotatable bonds is 22. The lowest BCUT2D eigenvalue weighted by molar-refractivity contribution is 0.0777. The van der Waals surface area contributed by atoms with Gasteiger partial charge in [-0.3, -0.25) is 34.6 Å². The van der Waals surface area contributed by atoms with Crippen LogP contribution in [0.3, 0.4) is 0 Å². The van der Waals surface area contributed by atoms with E-state index in [1.54, 1.807) is 107 Å². The number of ether oxygens (including phenoxy) is 8. The molecule has 8 aliphatic rings. The first-order valence-corrected chi connectivity index (χ1v) is 45.9. The molecule has 4 aromatic carbocycles. The molecule has 6 N–H and O–H groups in total. The number of fused-ring (bicyclic) bond motifs is 4. The summed E-state index contributed by atoms with van der Waals surface area (Å²) < 4.78 is 58.2. The summed E-state index contributed by atoms with van der Waals surface area (Å²) in [4.78, 5) is 91.6. The van der Waals surface area contributed by atoms with Crippen molar-refractivity contribution in [1.82, 2.24) is 95.8 Å². The van der Waals surface area contributed by atoms with Crippen LogP contribution in [0.1, 0.15) is 149 Å². The highest BCUT2D eigenvalue weighted by Gasteiger charge is 2.32. The quantitative estimate of drug-likeness (QED) is 0.0367. The molecule has 8 fully saturated rings. The number of morpholine rings is 4. The number of aliphatic hydroxyl groups is 1. The molecule has 9 aromatic heterocycles. The minimum atomic E-state index is -0.943.